The third-order valence-corrected chi connectivity index (χ3v) is 3.89. The Morgan fingerprint density at radius 1 is 1.44 bits per heavy atom. The first-order valence-electron chi connectivity index (χ1n) is 6.93. The number of hydrogen-bond acceptors (Lipinski definition) is 3. The minimum Gasteiger partial charge on any atom is -0.464 e. The highest BCUT2D eigenvalue weighted by Crippen LogP contribution is 2.29. The molecule has 18 heavy (non-hydrogen) atoms. The number of furan rings is 1. The predicted molar refractivity (Wildman–Crippen MR) is 68.3 cm³/mol. The molecule has 0 saturated carbocycles. The second-order valence-electron chi connectivity index (χ2n) is 5.26. The van der Waals surface area contributed by atoms with Gasteiger partial charge in [-0.05, 0) is 30.9 Å². The number of rotatable bonds is 3. The van der Waals surface area contributed by atoms with Crippen LogP contribution < -0.4 is 10.6 Å². The molecule has 4 heteroatoms. The van der Waals surface area contributed by atoms with Gasteiger partial charge in [-0.2, -0.15) is 0 Å². The van der Waals surface area contributed by atoms with Crippen LogP contribution in [0.3, 0.4) is 0 Å². The summed E-state index contributed by atoms with van der Waals surface area (Å²) in [5.74, 6) is 2.25. The number of hydrogen-bond donors (Lipinski definition) is 2. The molecule has 0 aromatic carbocycles. The van der Waals surface area contributed by atoms with Crippen LogP contribution >= 0.6 is 0 Å². The summed E-state index contributed by atoms with van der Waals surface area (Å²) in [6.07, 6.45) is 5.29. The monoisotopic (exact) mass is 248 g/mol. The first-order valence-corrected chi connectivity index (χ1v) is 6.93. The zero-order valence-corrected chi connectivity index (χ0v) is 10.8. The predicted octanol–water partition coefficient (Wildman–Crippen LogP) is 1.70. The van der Waals surface area contributed by atoms with E-state index in [9.17, 15) is 4.79 Å². The van der Waals surface area contributed by atoms with E-state index in [1.54, 1.807) is 0 Å². The molecule has 1 aromatic rings. The average Bonchev–Trinajstić information content (AvgIpc) is 2.92. The summed E-state index contributed by atoms with van der Waals surface area (Å²) in [4.78, 5) is 11.7. The van der Waals surface area contributed by atoms with Crippen molar-refractivity contribution < 1.29 is 9.21 Å². The highest BCUT2D eigenvalue weighted by molar-refractivity contribution is 5.82. The van der Waals surface area contributed by atoms with Crippen LogP contribution in [0.5, 0.6) is 0 Å². The molecule has 1 aromatic heterocycles. The summed E-state index contributed by atoms with van der Waals surface area (Å²) >= 11 is 0. The Labute approximate surface area is 107 Å². The molecule has 2 aliphatic rings. The van der Waals surface area contributed by atoms with Gasteiger partial charge in [0.25, 0.3) is 0 Å². The molecule has 1 saturated heterocycles. The molecular weight excluding hydrogens is 228 g/mol. The van der Waals surface area contributed by atoms with Gasteiger partial charge < -0.3 is 9.73 Å². The maximum atomic E-state index is 11.7. The number of aryl methyl sites for hydroxylation is 2. The molecule has 0 radical (unpaired) electrons. The van der Waals surface area contributed by atoms with Crippen molar-refractivity contribution >= 4 is 5.91 Å². The first kappa shape index (κ1) is 11.8. The second kappa shape index (κ2) is 4.76. The lowest BCUT2D eigenvalue weighted by molar-refractivity contribution is -0.125. The minimum absolute atomic E-state index is 0.0753. The molecule has 1 aliphatic heterocycles. The van der Waals surface area contributed by atoms with Crippen molar-refractivity contribution in [2.24, 2.45) is 0 Å². The van der Waals surface area contributed by atoms with Crippen molar-refractivity contribution in [1.29, 1.82) is 0 Å². The van der Waals surface area contributed by atoms with Crippen molar-refractivity contribution in [1.82, 2.24) is 10.6 Å². The normalized spacial score (nSPS) is 27.1. The van der Waals surface area contributed by atoms with Gasteiger partial charge in [-0.25, -0.2) is 0 Å². The van der Waals surface area contributed by atoms with Gasteiger partial charge in [0, 0.05) is 13.0 Å². The van der Waals surface area contributed by atoms with E-state index in [1.807, 2.05) is 0 Å². The van der Waals surface area contributed by atoms with Crippen molar-refractivity contribution in [2.45, 2.75) is 51.1 Å². The van der Waals surface area contributed by atoms with Crippen molar-refractivity contribution in [3.05, 3.63) is 23.2 Å². The summed E-state index contributed by atoms with van der Waals surface area (Å²) in [7, 11) is 0. The molecule has 1 amide bonds. The zero-order chi connectivity index (χ0) is 12.5. The highest BCUT2D eigenvalue weighted by Gasteiger charge is 2.30. The fraction of sp³-hybridized carbons (Fsp3) is 0.643. The van der Waals surface area contributed by atoms with Gasteiger partial charge >= 0.3 is 0 Å². The fourth-order valence-electron chi connectivity index (χ4n) is 2.91. The molecule has 0 bridgehead atoms. The van der Waals surface area contributed by atoms with Crippen LogP contribution in [-0.2, 0) is 17.6 Å². The van der Waals surface area contributed by atoms with Crippen LogP contribution in [0.25, 0.3) is 0 Å². The van der Waals surface area contributed by atoms with E-state index in [1.165, 1.54) is 12.0 Å². The van der Waals surface area contributed by atoms with E-state index in [4.69, 9.17) is 4.42 Å². The van der Waals surface area contributed by atoms with Crippen LogP contribution in [0.15, 0.2) is 10.5 Å². The molecule has 2 atom stereocenters. The Hall–Kier alpha value is -1.29. The quantitative estimate of drug-likeness (QED) is 0.856. The molecular formula is C14H20N2O2. The van der Waals surface area contributed by atoms with Crippen LogP contribution in [0.1, 0.15) is 49.3 Å². The number of carbonyl (C=O) groups excluding carboxylic acids is 1. The topological polar surface area (TPSA) is 54.3 Å². The average molecular weight is 248 g/mol. The number of fused-ring (bicyclic) bond motifs is 1. The van der Waals surface area contributed by atoms with E-state index in [0.717, 1.165) is 37.2 Å². The molecule has 98 valence electrons. The van der Waals surface area contributed by atoms with Crippen LogP contribution in [-0.4, -0.2) is 18.5 Å². The largest absolute Gasteiger partial charge is 0.464 e. The fourth-order valence-corrected chi connectivity index (χ4v) is 2.91. The van der Waals surface area contributed by atoms with Gasteiger partial charge in [0.1, 0.15) is 11.5 Å². The lowest BCUT2D eigenvalue weighted by atomic mass is 10.0. The van der Waals surface area contributed by atoms with Gasteiger partial charge in [0.2, 0.25) is 5.91 Å². The summed E-state index contributed by atoms with van der Waals surface area (Å²) in [5.41, 5.74) is 1.36. The van der Waals surface area contributed by atoms with Crippen molar-refractivity contribution in [3.8, 4) is 0 Å². The number of carbonyl (C=O) groups is 1. The lowest BCUT2D eigenvalue weighted by Gasteiger charge is -2.29. The SMILES string of the molecule is CCCC1NC(c2cc3c(o2)CCC3)CNC1=O. The Kier molecular flexibility index (Phi) is 3.12. The van der Waals surface area contributed by atoms with Crippen molar-refractivity contribution in [2.75, 3.05) is 6.54 Å². The molecule has 0 spiro atoms. The third kappa shape index (κ3) is 2.05. The van der Waals surface area contributed by atoms with E-state index in [0.29, 0.717) is 6.54 Å². The third-order valence-electron chi connectivity index (χ3n) is 3.89. The molecule has 1 aliphatic carbocycles. The molecule has 2 unspecified atom stereocenters. The lowest BCUT2D eigenvalue weighted by Crippen LogP contribution is -2.54. The Balaban J connectivity index is 1.73. The zero-order valence-electron chi connectivity index (χ0n) is 10.8. The molecule has 3 rings (SSSR count). The van der Waals surface area contributed by atoms with Gasteiger partial charge in [0.15, 0.2) is 0 Å². The van der Waals surface area contributed by atoms with Crippen LogP contribution in [0.4, 0.5) is 0 Å². The second-order valence-corrected chi connectivity index (χ2v) is 5.26. The summed E-state index contributed by atoms with van der Waals surface area (Å²) < 4.78 is 5.91. The summed E-state index contributed by atoms with van der Waals surface area (Å²) in [5, 5.41) is 6.37. The number of nitrogens with one attached hydrogen (secondary N) is 2. The van der Waals surface area contributed by atoms with Gasteiger partial charge in [-0.15, -0.1) is 0 Å². The summed E-state index contributed by atoms with van der Waals surface area (Å²) in [6.45, 7) is 2.73. The molecule has 2 heterocycles. The maximum Gasteiger partial charge on any atom is 0.237 e. The Morgan fingerprint density at radius 2 is 2.33 bits per heavy atom. The molecule has 1 fully saturated rings. The number of amides is 1. The highest BCUT2D eigenvalue weighted by atomic mass is 16.3. The van der Waals surface area contributed by atoms with Gasteiger partial charge in [0.05, 0.1) is 12.1 Å². The van der Waals surface area contributed by atoms with Gasteiger partial charge in [-0.3, -0.25) is 10.1 Å². The molecule has 2 N–H and O–H groups in total. The van der Waals surface area contributed by atoms with Crippen LogP contribution in [0, 0.1) is 0 Å². The van der Waals surface area contributed by atoms with E-state index in [-0.39, 0.29) is 18.0 Å². The standard InChI is InChI=1S/C14H20N2O2/c1-2-4-10-14(17)15-8-11(16-10)13-7-9-5-3-6-12(9)18-13/h7,10-11,16H,2-6,8H2,1H3,(H,15,17). The van der Waals surface area contributed by atoms with Crippen molar-refractivity contribution in [3.63, 3.8) is 0 Å². The Bertz CT molecular complexity index is 431. The molecule has 4 nitrogen and oxygen atoms in total. The Morgan fingerprint density at radius 3 is 3.11 bits per heavy atom. The van der Waals surface area contributed by atoms with E-state index in [2.05, 4.69) is 23.6 Å². The first-order chi connectivity index (χ1) is 8.78. The minimum atomic E-state index is -0.0753. The van der Waals surface area contributed by atoms with Gasteiger partial charge in [-0.1, -0.05) is 13.3 Å². The maximum absolute atomic E-state index is 11.7. The number of piperazine rings is 1. The van der Waals surface area contributed by atoms with E-state index >= 15 is 0 Å². The van der Waals surface area contributed by atoms with E-state index < -0.39 is 0 Å². The smallest absolute Gasteiger partial charge is 0.237 e. The summed E-state index contributed by atoms with van der Waals surface area (Å²) in [6, 6.07) is 2.22. The van der Waals surface area contributed by atoms with Crippen LogP contribution in [0.2, 0.25) is 0 Å².